The first-order chi connectivity index (χ1) is 8.85. The summed E-state index contributed by atoms with van der Waals surface area (Å²) >= 11 is 0. The highest BCUT2D eigenvalue weighted by Gasteiger charge is 2.10. The average Bonchev–Trinajstić information content (AvgIpc) is 2.43. The van der Waals surface area contributed by atoms with E-state index in [4.69, 9.17) is 4.98 Å². The third-order valence-electron chi connectivity index (χ3n) is 3.06. The molecular weight excluding hydrogens is 220 g/mol. The topological polar surface area (TPSA) is 24.9 Å². The molecule has 0 radical (unpaired) electrons. The van der Waals surface area contributed by atoms with Crippen molar-refractivity contribution in [2.75, 3.05) is 7.05 Å². The molecule has 0 aliphatic rings. The molecule has 2 rings (SSSR count). The van der Waals surface area contributed by atoms with E-state index in [1.54, 1.807) is 0 Å². The normalized spacial score (nSPS) is 11.9. The van der Waals surface area contributed by atoms with Crippen molar-refractivity contribution in [3.63, 3.8) is 0 Å². The molecule has 0 bridgehead atoms. The zero-order valence-electron chi connectivity index (χ0n) is 10.9. The van der Waals surface area contributed by atoms with Crippen LogP contribution in [0.4, 0.5) is 0 Å². The van der Waals surface area contributed by atoms with Crippen molar-refractivity contribution in [2.45, 2.75) is 25.8 Å². The van der Waals surface area contributed by atoms with Gasteiger partial charge in [-0.2, -0.15) is 0 Å². The standard InChI is InChI=1S/C16H18N2/c1-3-4-5-10-15(17-2)16-12-11-13-8-6-7-9-14(13)18-16/h6-9,11-12,15,17H,5,10H2,1-2H3. The molecule has 1 aromatic carbocycles. The van der Waals surface area contributed by atoms with Crippen LogP contribution in [0.25, 0.3) is 10.9 Å². The SMILES string of the molecule is CC#CCCC(NC)c1ccc2ccccc2n1. The van der Waals surface area contributed by atoms with Crippen LogP contribution in [-0.4, -0.2) is 12.0 Å². The summed E-state index contributed by atoms with van der Waals surface area (Å²) in [6, 6.07) is 12.7. The lowest BCUT2D eigenvalue weighted by molar-refractivity contribution is 0.546. The predicted octanol–water partition coefficient (Wildman–Crippen LogP) is 3.30. The van der Waals surface area contributed by atoms with E-state index in [-0.39, 0.29) is 6.04 Å². The van der Waals surface area contributed by atoms with E-state index in [1.807, 2.05) is 26.1 Å². The maximum atomic E-state index is 4.71. The number of pyridine rings is 1. The van der Waals surface area contributed by atoms with E-state index in [9.17, 15) is 0 Å². The summed E-state index contributed by atoms with van der Waals surface area (Å²) in [4.78, 5) is 4.71. The zero-order valence-corrected chi connectivity index (χ0v) is 10.9. The number of hydrogen-bond acceptors (Lipinski definition) is 2. The fourth-order valence-electron chi connectivity index (χ4n) is 2.06. The number of hydrogen-bond donors (Lipinski definition) is 1. The second-order valence-electron chi connectivity index (χ2n) is 4.24. The van der Waals surface area contributed by atoms with Gasteiger partial charge in [-0.1, -0.05) is 24.3 Å². The number of benzene rings is 1. The Hall–Kier alpha value is -1.85. The summed E-state index contributed by atoms with van der Waals surface area (Å²) in [6.45, 7) is 1.88. The third-order valence-corrected chi connectivity index (χ3v) is 3.06. The predicted molar refractivity (Wildman–Crippen MR) is 76.2 cm³/mol. The molecule has 0 aliphatic carbocycles. The van der Waals surface area contributed by atoms with Crippen molar-refractivity contribution >= 4 is 10.9 Å². The Morgan fingerprint density at radius 1 is 1.22 bits per heavy atom. The van der Waals surface area contributed by atoms with Gasteiger partial charge >= 0.3 is 0 Å². The van der Waals surface area contributed by atoms with Crippen LogP contribution in [0, 0.1) is 11.8 Å². The Balaban J connectivity index is 2.23. The lowest BCUT2D eigenvalue weighted by atomic mass is 10.1. The number of aromatic nitrogens is 1. The summed E-state index contributed by atoms with van der Waals surface area (Å²) in [5, 5.41) is 4.50. The van der Waals surface area contributed by atoms with Crippen LogP contribution in [0.3, 0.4) is 0 Å². The van der Waals surface area contributed by atoms with Gasteiger partial charge in [0.05, 0.1) is 17.3 Å². The third kappa shape index (κ3) is 2.88. The summed E-state index contributed by atoms with van der Waals surface area (Å²) in [5.74, 6) is 6.03. The molecule has 1 atom stereocenters. The highest BCUT2D eigenvalue weighted by Crippen LogP contribution is 2.19. The fourth-order valence-corrected chi connectivity index (χ4v) is 2.06. The van der Waals surface area contributed by atoms with Crippen LogP contribution in [0.5, 0.6) is 0 Å². The summed E-state index contributed by atoms with van der Waals surface area (Å²) in [7, 11) is 1.97. The van der Waals surface area contributed by atoms with Gasteiger partial charge in [0.25, 0.3) is 0 Å². The van der Waals surface area contributed by atoms with Gasteiger partial charge in [0.2, 0.25) is 0 Å². The van der Waals surface area contributed by atoms with Crippen LogP contribution in [0.1, 0.15) is 31.5 Å². The summed E-state index contributed by atoms with van der Waals surface area (Å²) in [6.07, 6.45) is 1.89. The molecule has 0 saturated carbocycles. The van der Waals surface area contributed by atoms with Crippen LogP contribution >= 0.6 is 0 Å². The van der Waals surface area contributed by atoms with Gasteiger partial charge in [-0.25, -0.2) is 0 Å². The number of nitrogens with one attached hydrogen (secondary N) is 1. The van der Waals surface area contributed by atoms with Crippen LogP contribution in [0.2, 0.25) is 0 Å². The number of para-hydroxylation sites is 1. The monoisotopic (exact) mass is 238 g/mol. The highest BCUT2D eigenvalue weighted by atomic mass is 14.9. The van der Waals surface area contributed by atoms with Crippen LogP contribution in [-0.2, 0) is 0 Å². The smallest absolute Gasteiger partial charge is 0.0706 e. The van der Waals surface area contributed by atoms with E-state index < -0.39 is 0 Å². The molecule has 0 spiro atoms. The van der Waals surface area contributed by atoms with Crippen molar-refractivity contribution in [1.82, 2.24) is 10.3 Å². The van der Waals surface area contributed by atoms with Gasteiger partial charge in [-0.15, -0.1) is 11.8 Å². The lowest BCUT2D eigenvalue weighted by Gasteiger charge is -2.14. The Morgan fingerprint density at radius 3 is 2.83 bits per heavy atom. The number of fused-ring (bicyclic) bond motifs is 1. The molecule has 0 fully saturated rings. The van der Waals surface area contributed by atoms with Crippen molar-refractivity contribution in [3.05, 3.63) is 42.1 Å². The maximum absolute atomic E-state index is 4.71. The van der Waals surface area contributed by atoms with Gasteiger partial charge < -0.3 is 5.32 Å². The first-order valence-corrected chi connectivity index (χ1v) is 6.27. The lowest BCUT2D eigenvalue weighted by Crippen LogP contribution is -2.17. The molecule has 0 aliphatic heterocycles. The highest BCUT2D eigenvalue weighted by molar-refractivity contribution is 5.78. The average molecular weight is 238 g/mol. The van der Waals surface area contributed by atoms with E-state index in [0.29, 0.717) is 0 Å². The zero-order chi connectivity index (χ0) is 12.8. The molecule has 2 nitrogen and oxygen atoms in total. The second-order valence-corrected chi connectivity index (χ2v) is 4.24. The molecule has 1 aromatic heterocycles. The molecule has 1 heterocycles. The van der Waals surface area contributed by atoms with E-state index in [2.05, 4.69) is 41.4 Å². The fraction of sp³-hybridized carbons (Fsp3) is 0.312. The molecule has 1 N–H and O–H groups in total. The first-order valence-electron chi connectivity index (χ1n) is 6.27. The van der Waals surface area contributed by atoms with Gasteiger partial charge in [-0.05, 0) is 32.5 Å². The molecule has 92 valence electrons. The molecule has 0 amide bonds. The van der Waals surface area contributed by atoms with Gasteiger partial charge in [0, 0.05) is 11.8 Å². The van der Waals surface area contributed by atoms with Gasteiger partial charge in [0.1, 0.15) is 0 Å². The van der Waals surface area contributed by atoms with Crippen molar-refractivity contribution in [3.8, 4) is 11.8 Å². The van der Waals surface area contributed by atoms with Crippen molar-refractivity contribution in [1.29, 1.82) is 0 Å². The molecular formula is C16H18N2. The van der Waals surface area contributed by atoms with Gasteiger partial charge in [-0.3, -0.25) is 4.98 Å². The second kappa shape index (κ2) is 6.18. The van der Waals surface area contributed by atoms with Gasteiger partial charge in [0.15, 0.2) is 0 Å². The molecule has 0 saturated heterocycles. The Morgan fingerprint density at radius 2 is 2.06 bits per heavy atom. The Labute approximate surface area is 108 Å². The minimum atomic E-state index is 0.274. The Kier molecular flexibility index (Phi) is 4.33. The Bertz CT molecular complexity index is 578. The summed E-state index contributed by atoms with van der Waals surface area (Å²) in [5.41, 5.74) is 2.14. The minimum absolute atomic E-state index is 0.274. The van der Waals surface area contributed by atoms with E-state index in [0.717, 1.165) is 24.1 Å². The quantitative estimate of drug-likeness (QED) is 0.827. The molecule has 2 heteroatoms. The molecule has 18 heavy (non-hydrogen) atoms. The minimum Gasteiger partial charge on any atom is -0.312 e. The summed E-state index contributed by atoms with van der Waals surface area (Å²) < 4.78 is 0. The van der Waals surface area contributed by atoms with Crippen LogP contribution in [0.15, 0.2) is 36.4 Å². The van der Waals surface area contributed by atoms with E-state index >= 15 is 0 Å². The number of rotatable bonds is 4. The largest absolute Gasteiger partial charge is 0.312 e. The van der Waals surface area contributed by atoms with Crippen molar-refractivity contribution < 1.29 is 0 Å². The van der Waals surface area contributed by atoms with Crippen molar-refractivity contribution in [2.24, 2.45) is 0 Å². The molecule has 1 unspecified atom stereocenters. The maximum Gasteiger partial charge on any atom is 0.0706 e. The van der Waals surface area contributed by atoms with Crippen LogP contribution < -0.4 is 5.32 Å². The number of nitrogens with zero attached hydrogens (tertiary/aromatic N) is 1. The van der Waals surface area contributed by atoms with E-state index in [1.165, 1.54) is 5.39 Å². The first kappa shape index (κ1) is 12.6. The molecule has 2 aromatic rings.